The molecule has 0 heterocycles. The van der Waals surface area contributed by atoms with Crippen molar-refractivity contribution in [1.29, 1.82) is 0 Å². The molecular weight excluding hydrogens is 388 g/mol. The highest BCUT2D eigenvalue weighted by molar-refractivity contribution is 9.38. The molecule has 0 amide bonds. The summed E-state index contributed by atoms with van der Waals surface area (Å²) < 4.78 is 5.23. The standard InChI is InChI=1S/C11H13Br3O/c1-2-3-8-15-10-6-4-9(5-7-10)11(12,13)14/h4-7H,2-3,8H2,1H3. The Labute approximate surface area is 116 Å². The number of hydrogen-bond acceptors (Lipinski definition) is 1. The first kappa shape index (κ1) is 13.5. The van der Waals surface area contributed by atoms with Crippen LogP contribution in [0.25, 0.3) is 0 Å². The lowest BCUT2D eigenvalue weighted by molar-refractivity contribution is 0.309. The summed E-state index contributed by atoms with van der Waals surface area (Å²) in [5.41, 5.74) is 1.10. The summed E-state index contributed by atoms with van der Waals surface area (Å²) in [6, 6.07) is 7.98. The summed E-state index contributed by atoms with van der Waals surface area (Å²) in [6.45, 7) is 2.94. The quantitative estimate of drug-likeness (QED) is 0.501. The Hall–Kier alpha value is 0.460. The number of alkyl halides is 3. The van der Waals surface area contributed by atoms with Gasteiger partial charge in [0.25, 0.3) is 0 Å². The normalized spacial score (nSPS) is 11.5. The maximum Gasteiger partial charge on any atom is 0.159 e. The molecule has 4 heteroatoms. The van der Waals surface area contributed by atoms with Crippen LogP contribution in [0.3, 0.4) is 0 Å². The minimum absolute atomic E-state index is 0.338. The summed E-state index contributed by atoms with van der Waals surface area (Å²) in [6.07, 6.45) is 2.26. The second-order valence-corrected chi connectivity index (χ2v) is 9.99. The second kappa shape index (κ2) is 6.26. The van der Waals surface area contributed by atoms with Gasteiger partial charge in [-0.3, -0.25) is 0 Å². The fourth-order valence-corrected chi connectivity index (χ4v) is 1.87. The highest BCUT2D eigenvalue weighted by Crippen LogP contribution is 2.44. The van der Waals surface area contributed by atoms with Gasteiger partial charge in [0.15, 0.2) is 2.14 Å². The van der Waals surface area contributed by atoms with E-state index in [0.717, 1.165) is 30.8 Å². The van der Waals surface area contributed by atoms with Crippen LogP contribution in [0.4, 0.5) is 0 Å². The summed E-state index contributed by atoms with van der Waals surface area (Å²) in [7, 11) is 0. The number of benzene rings is 1. The van der Waals surface area contributed by atoms with E-state index in [1.54, 1.807) is 0 Å². The van der Waals surface area contributed by atoms with Crippen LogP contribution in [-0.2, 0) is 2.14 Å². The van der Waals surface area contributed by atoms with Crippen LogP contribution in [0.2, 0.25) is 0 Å². The van der Waals surface area contributed by atoms with Crippen molar-refractivity contribution < 1.29 is 4.74 Å². The van der Waals surface area contributed by atoms with Gasteiger partial charge in [-0.05, 0) is 24.1 Å². The zero-order chi connectivity index (χ0) is 11.3. The van der Waals surface area contributed by atoms with Gasteiger partial charge < -0.3 is 4.74 Å². The third-order valence-corrected chi connectivity index (χ3v) is 3.32. The molecule has 0 aromatic heterocycles. The molecule has 1 aromatic rings. The van der Waals surface area contributed by atoms with Crippen molar-refractivity contribution in [2.24, 2.45) is 0 Å². The minimum atomic E-state index is -0.338. The smallest absolute Gasteiger partial charge is 0.159 e. The first-order valence-corrected chi connectivity index (χ1v) is 7.22. The topological polar surface area (TPSA) is 9.23 Å². The molecule has 0 aliphatic heterocycles. The fraction of sp³-hybridized carbons (Fsp3) is 0.455. The van der Waals surface area contributed by atoms with Gasteiger partial charge in [-0.15, -0.1) is 0 Å². The summed E-state index contributed by atoms with van der Waals surface area (Å²) >= 11 is 10.4. The first-order chi connectivity index (χ1) is 7.04. The van der Waals surface area contributed by atoms with Crippen LogP contribution in [0.1, 0.15) is 25.3 Å². The van der Waals surface area contributed by atoms with Gasteiger partial charge in [-0.2, -0.15) is 0 Å². The average Bonchev–Trinajstić information content (AvgIpc) is 2.18. The number of ether oxygens (including phenoxy) is 1. The largest absolute Gasteiger partial charge is 0.494 e. The summed E-state index contributed by atoms with van der Waals surface area (Å²) in [5, 5.41) is 0. The highest BCUT2D eigenvalue weighted by atomic mass is 80.0. The first-order valence-electron chi connectivity index (χ1n) is 4.84. The van der Waals surface area contributed by atoms with Crippen LogP contribution in [0, 0.1) is 0 Å². The lowest BCUT2D eigenvalue weighted by Gasteiger charge is -2.13. The van der Waals surface area contributed by atoms with Crippen molar-refractivity contribution >= 4 is 47.8 Å². The van der Waals surface area contributed by atoms with Gasteiger partial charge >= 0.3 is 0 Å². The van der Waals surface area contributed by atoms with Crippen molar-refractivity contribution in [3.8, 4) is 5.75 Å². The Kier molecular flexibility index (Phi) is 5.64. The van der Waals surface area contributed by atoms with Crippen molar-refractivity contribution in [2.75, 3.05) is 6.61 Å². The Bertz CT molecular complexity index is 290. The predicted octanol–water partition coefficient (Wildman–Crippen LogP) is 5.16. The predicted molar refractivity (Wildman–Crippen MR) is 75.3 cm³/mol. The van der Waals surface area contributed by atoms with Crippen LogP contribution < -0.4 is 4.74 Å². The van der Waals surface area contributed by atoms with E-state index in [1.807, 2.05) is 24.3 Å². The van der Waals surface area contributed by atoms with Crippen molar-refractivity contribution in [2.45, 2.75) is 21.9 Å². The maximum absolute atomic E-state index is 5.57. The maximum atomic E-state index is 5.57. The average molecular weight is 401 g/mol. The molecule has 1 rings (SSSR count). The monoisotopic (exact) mass is 398 g/mol. The van der Waals surface area contributed by atoms with Crippen LogP contribution in [0.5, 0.6) is 5.75 Å². The lowest BCUT2D eigenvalue weighted by Crippen LogP contribution is -1.99. The second-order valence-electron chi connectivity index (χ2n) is 3.22. The molecule has 15 heavy (non-hydrogen) atoms. The highest BCUT2D eigenvalue weighted by Gasteiger charge is 2.20. The molecule has 0 atom stereocenters. The van der Waals surface area contributed by atoms with E-state index in [9.17, 15) is 0 Å². The summed E-state index contributed by atoms with van der Waals surface area (Å²) in [4.78, 5) is 0. The Morgan fingerprint density at radius 3 is 2.20 bits per heavy atom. The van der Waals surface area contributed by atoms with Crippen LogP contribution in [0.15, 0.2) is 24.3 Å². The SMILES string of the molecule is CCCCOc1ccc(C(Br)(Br)Br)cc1. The van der Waals surface area contributed by atoms with Gasteiger partial charge in [-0.1, -0.05) is 73.3 Å². The van der Waals surface area contributed by atoms with E-state index in [1.165, 1.54) is 0 Å². The van der Waals surface area contributed by atoms with Gasteiger partial charge in [0.05, 0.1) is 6.61 Å². The van der Waals surface area contributed by atoms with Gasteiger partial charge in [0.1, 0.15) is 5.75 Å². The molecule has 0 spiro atoms. The van der Waals surface area contributed by atoms with E-state index in [2.05, 4.69) is 54.7 Å². The van der Waals surface area contributed by atoms with E-state index in [0.29, 0.717) is 0 Å². The van der Waals surface area contributed by atoms with E-state index in [4.69, 9.17) is 4.74 Å². The molecule has 0 aliphatic rings. The van der Waals surface area contributed by atoms with Gasteiger partial charge in [0, 0.05) is 0 Å². The third kappa shape index (κ3) is 4.87. The van der Waals surface area contributed by atoms with E-state index >= 15 is 0 Å². The Morgan fingerprint density at radius 1 is 1.13 bits per heavy atom. The number of hydrogen-bond donors (Lipinski definition) is 0. The molecule has 0 aliphatic carbocycles. The molecule has 1 nitrogen and oxygen atoms in total. The molecule has 1 aromatic carbocycles. The third-order valence-electron chi connectivity index (χ3n) is 1.95. The van der Waals surface area contributed by atoms with Crippen molar-refractivity contribution in [1.82, 2.24) is 0 Å². The van der Waals surface area contributed by atoms with Crippen molar-refractivity contribution in [3.63, 3.8) is 0 Å². The molecular formula is C11H13Br3O. The summed E-state index contributed by atoms with van der Waals surface area (Å²) in [5.74, 6) is 0.920. The molecule has 0 saturated heterocycles. The zero-order valence-electron chi connectivity index (χ0n) is 8.47. The number of halogens is 3. The molecule has 0 saturated carbocycles. The minimum Gasteiger partial charge on any atom is -0.494 e. The van der Waals surface area contributed by atoms with Gasteiger partial charge in [-0.25, -0.2) is 0 Å². The fourth-order valence-electron chi connectivity index (χ4n) is 1.07. The number of unbranched alkanes of at least 4 members (excludes halogenated alkanes) is 1. The Morgan fingerprint density at radius 2 is 1.73 bits per heavy atom. The van der Waals surface area contributed by atoms with E-state index in [-0.39, 0.29) is 2.14 Å². The zero-order valence-corrected chi connectivity index (χ0v) is 13.2. The molecule has 0 radical (unpaired) electrons. The molecule has 0 unspecified atom stereocenters. The van der Waals surface area contributed by atoms with E-state index < -0.39 is 0 Å². The molecule has 0 bridgehead atoms. The Balaban J connectivity index is 2.57. The van der Waals surface area contributed by atoms with Crippen LogP contribution in [-0.4, -0.2) is 6.61 Å². The van der Waals surface area contributed by atoms with Gasteiger partial charge in [0.2, 0.25) is 0 Å². The lowest BCUT2D eigenvalue weighted by atomic mass is 10.2. The van der Waals surface area contributed by atoms with Crippen LogP contribution >= 0.6 is 47.8 Å². The number of rotatable bonds is 4. The molecule has 84 valence electrons. The van der Waals surface area contributed by atoms with Crippen molar-refractivity contribution in [3.05, 3.63) is 29.8 Å². The molecule has 0 fully saturated rings. The molecule has 0 N–H and O–H groups in total.